The number of rotatable bonds is 2. The summed E-state index contributed by atoms with van der Waals surface area (Å²) in [4.78, 5) is 7.64. The second-order valence-electron chi connectivity index (χ2n) is 3.09. The summed E-state index contributed by atoms with van der Waals surface area (Å²) in [5.41, 5.74) is -0.479. The van der Waals surface area contributed by atoms with Crippen molar-refractivity contribution in [3.8, 4) is 0 Å². The number of benzene rings is 1. The summed E-state index contributed by atoms with van der Waals surface area (Å²) in [6, 6.07) is 1.16. The molecule has 2 rings (SSSR count). The third kappa shape index (κ3) is 2.84. The Bertz CT molecular complexity index is 522. The highest BCUT2D eigenvalue weighted by Crippen LogP contribution is 2.22. The van der Waals surface area contributed by atoms with Crippen LogP contribution < -0.4 is 5.32 Å². The zero-order chi connectivity index (χ0) is 12.4. The monoisotopic (exact) mass is 351 g/mol. The van der Waals surface area contributed by atoms with Crippen LogP contribution in [0.15, 0.2) is 24.5 Å². The van der Waals surface area contributed by atoms with Crippen LogP contribution in [-0.4, -0.2) is 9.97 Å². The number of hydrogen-bond donors (Lipinski definition) is 1. The van der Waals surface area contributed by atoms with Gasteiger partial charge in [0.25, 0.3) is 0 Å². The van der Waals surface area contributed by atoms with Gasteiger partial charge in [0.1, 0.15) is 11.5 Å². The number of anilines is 2. The van der Waals surface area contributed by atoms with Crippen LogP contribution >= 0.6 is 22.6 Å². The Kier molecular flexibility index (Phi) is 3.46. The molecule has 0 radical (unpaired) electrons. The molecule has 3 nitrogen and oxygen atoms in total. The summed E-state index contributed by atoms with van der Waals surface area (Å²) in [6.07, 6.45) is 2.96. The Labute approximate surface area is 108 Å². The molecule has 1 aromatic carbocycles. The highest BCUT2D eigenvalue weighted by molar-refractivity contribution is 14.1. The van der Waals surface area contributed by atoms with Crippen LogP contribution in [-0.2, 0) is 0 Å². The van der Waals surface area contributed by atoms with Crippen LogP contribution in [0, 0.1) is 21.0 Å². The van der Waals surface area contributed by atoms with Gasteiger partial charge in [0, 0.05) is 28.1 Å². The molecule has 0 fully saturated rings. The largest absolute Gasteiger partial charge is 0.319 e. The maximum absolute atomic E-state index is 13.3. The van der Waals surface area contributed by atoms with Crippen LogP contribution in [0.4, 0.5) is 24.8 Å². The Morgan fingerprint density at radius 2 is 1.53 bits per heavy atom. The molecule has 0 amide bonds. The maximum Gasteiger partial charge on any atom is 0.227 e. The van der Waals surface area contributed by atoms with Gasteiger partial charge in [-0.05, 0) is 22.6 Å². The van der Waals surface area contributed by atoms with Gasteiger partial charge >= 0.3 is 0 Å². The SMILES string of the molecule is Fc1cc(F)c(Nc2ncc(I)cn2)c(F)c1. The van der Waals surface area contributed by atoms with Gasteiger partial charge in [0.2, 0.25) is 5.95 Å². The van der Waals surface area contributed by atoms with Crippen molar-refractivity contribution in [2.45, 2.75) is 0 Å². The molecule has 17 heavy (non-hydrogen) atoms. The van der Waals surface area contributed by atoms with E-state index in [0.29, 0.717) is 12.1 Å². The molecule has 0 aliphatic carbocycles. The molecule has 0 aliphatic heterocycles. The zero-order valence-electron chi connectivity index (χ0n) is 8.22. The molecular formula is C10H5F3IN3. The molecule has 0 aliphatic rings. The molecule has 1 N–H and O–H groups in total. The molecule has 0 saturated carbocycles. The van der Waals surface area contributed by atoms with E-state index in [9.17, 15) is 13.2 Å². The van der Waals surface area contributed by atoms with E-state index in [1.807, 2.05) is 22.6 Å². The molecule has 0 unspecified atom stereocenters. The fourth-order valence-electron chi connectivity index (χ4n) is 1.15. The number of aromatic nitrogens is 2. The minimum absolute atomic E-state index is 0.0369. The molecule has 1 aromatic heterocycles. The van der Waals surface area contributed by atoms with E-state index < -0.39 is 23.1 Å². The fourth-order valence-corrected chi connectivity index (χ4v) is 1.43. The summed E-state index contributed by atoms with van der Waals surface area (Å²) in [5.74, 6) is -3.02. The number of hydrogen-bond acceptors (Lipinski definition) is 3. The van der Waals surface area contributed by atoms with Crippen molar-refractivity contribution in [1.82, 2.24) is 9.97 Å². The second kappa shape index (κ2) is 4.86. The molecule has 0 bridgehead atoms. The van der Waals surface area contributed by atoms with Crippen molar-refractivity contribution < 1.29 is 13.2 Å². The first-order valence-electron chi connectivity index (χ1n) is 4.45. The van der Waals surface area contributed by atoms with Crippen molar-refractivity contribution in [3.63, 3.8) is 0 Å². The van der Waals surface area contributed by atoms with Gasteiger partial charge in [-0.1, -0.05) is 0 Å². The second-order valence-corrected chi connectivity index (χ2v) is 4.34. The summed E-state index contributed by atoms with van der Waals surface area (Å²) in [6.45, 7) is 0. The lowest BCUT2D eigenvalue weighted by Gasteiger charge is -2.07. The summed E-state index contributed by atoms with van der Waals surface area (Å²) < 4.78 is 40.0. The fraction of sp³-hybridized carbons (Fsp3) is 0. The minimum atomic E-state index is -1.04. The van der Waals surface area contributed by atoms with Gasteiger partial charge in [-0.3, -0.25) is 0 Å². The van der Waals surface area contributed by atoms with E-state index in [2.05, 4.69) is 15.3 Å². The van der Waals surface area contributed by atoms with Gasteiger partial charge in [-0.15, -0.1) is 0 Å². The van der Waals surface area contributed by atoms with Gasteiger partial charge in [0.15, 0.2) is 11.6 Å². The Hall–Kier alpha value is -1.38. The number of halogens is 4. The van der Waals surface area contributed by atoms with Crippen LogP contribution in [0.25, 0.3) is 0 Å². The summed E-state index contributed by atoms with van der Waals surface area (Å²) in [5, 5.41) is 2.35. The van der Waals surface area contributed by atoms with E-state index in [1.165, 1.54) is 12.4 Å². The number of nitrogens with one attached hydrogen (secondary N) is 1. The first kappa shape index (κ1) is 12.1. The van der Waals surface area contributed by atoms with Gasteiger partial charge in [-0.25, -0.2) is 23.1 Å². The van der Waals surface area contributed by atoms with E-state index >= 15 is 0 Å². The lowest BCUT2D eigenvalue weighted by molar-refractivity contribution is 0.548. The molecule has 0 atom stereocenters. The minimum Gasteiger partial charge on any atom is -0.319 e. The summed E-state index contributed by atoms with van der Waals surface area (Å²) in [7, 11) is 0. The topological polar surface area (TPSA) is 37.8 Å². The molecule has 0 saturated heterocycles. The van der Waals surface area contributed by atoms with Crippen LogP contribution in [0.5, 0.6) is 0 Å². The first-order valence-corrected chi connectivity index (χ1v) is 5.53. The van der Waals surface area contributed by atoms with Crippen molar-refractivity contribution in [1.29, 1.82) is 0 Å². The van der Waals surface area contributed by atoms with Crippen molar-refractivity contribution >= 4 is 34.2 Å². The molecular weight excluding hydrogens is 346 g/mol. The number of nitrogens with zero attached hydrogens (tertiary/aromatic N) is 2. The van der Waals surface area contributed by atoms with Crippen LogP contribution in [0.1, 0.15) is 0 Å². The van der Waals surface area contributed by atoms with Crippen molar-refractivity contribution in [3.05, 3.63) is 45.5 Å². The maximum atomic E-state index is 13.3. The Morgan fingerprint density at radius 1 is 1.00 bits per heavy atom. The van der Waals surface area contributed by atoms with Crippen molar-refractivity contribution in [2.75, 3.05) is 5.32 Å². The predicted molar refractivity (Wildman–Crippen MR) is 64.3 cm³/mol. The molecule has 2 aromatic rings. The molecule has 0 spiro atoms. The van der Waals surface area contributed by atoms with Gasteiger partial charge < -0.3 is 5.32 Å². The average molecular weight is 351 g/mol. The Balaban J connectivity index is 2.33. The normalized spacial score (nSPS) is 10.4. The lowest BCUT2D eigenvalue weighted by Crippen LogP contribution is -2.02. The first-order chi connectivity index (χ1) is 8.06. The average Bonchev–Trinajstić information content (AvgIpc) is 2.26. The lowest BCUT2D eigenvalue weighted by atomic mass is 10.3. The van der Waals surface area contributed by atoms with Gasteiger partial charge in [0.05, 0.1) is 0 Å². The molecule has 7 heteroatoms. The summed E-state index contributed by atoms with van der Waals surface area (Å²) >= 11 is 1.99. The van der Waals surface area contributed by atoms with E-state index in [0.717, 1.165) is 3.57 Å². The molecule has 88 valence electrons. The van der Waals surface area contributed by atoms with Crippen molar-refractivity contribution in [2.24, 2.45) is 0 Å². The standard InChI is InChI=1S/C10H5F3IN3/c11-5-1-7(12)9(8(13)2-5)17-10-15-3-6(14)4-16-10/h1-4H,(H,15,16,17). The van der Waals surface area contributed by atoms with Gasteiger partial charge in [-0.2, -0.15) is 0 Å². The van der Waals surface area contributed by atoms with E-state index in [1.54, 1.807) is 0 Å². The van der Waals surface area contributed by atoms with Crippen LogP contribution in [0.2, 0.25) is 0 Å². The third-order valence-electron chi connectivity index (χ3n) is 1.86. The van der Waals surface area contributed by atoms with E-state index in [-0.39, 0.29) is 5.95 Å². The highest BCUT2D eigenvalue weighted by Gasteiger charge is 2.12. The molecule has 1 heterocycles. The zero-order valence-corrected chi connectivity index (χ0v) is 10.4. The predicted octanol–water partition coefficient (Wildman–Crippen LogP) is 3.24. The third-order valence-corrected chi connectivity index (χ3v) is 2.42. The van der Waals surface area contributed by atoms with E-state index in [4.69, 9.17) is 0 Å². The van der Waals surface area contributed by atoms with Crippen LogP contribution in [0.3, 0.4) is 0 Å². The smallest absolute Gasteiger partial charge is 0.227 e. The highest BCUT2D eigenvalue weighted by atomic mass is 127. The Morgan fingerprint density at radius 3 is 2.06 bits per heavy atom. The quantitative estimate of drug-likeness (QED) is 0.845.